The lowest BCUT2D eigenvalue weighted by atomic mass is 9.95. The van der Waals surface area contributed by atoms with Crippen LogP contribution in [0, 0.1) is 12.7 Å². The maximum Gasteiger partial charge on any atom is 0.123 e. The third kappa shape index (κ3) is 4.02. The quantitative estimate of drug-likeness (QED) is 0.904. The average molecular weight is 294 g/mol. The highest BCUT2D eigenvalue weighted by molar-refractivity contribution is 5.30. The Morgan fingerprint density at radius 2 is 2.19 bits per heavy atom. The standard InChI is InChI=1S/C17H27FN2O/c1-5-19-17(15-10-14(18)7-6-13(15)4)16-11-20(12(2)3)8-9-21-16/h6-7,10,12,16-17,19H,5,8-9,11H2,1-4H3. The number of benzene rings is 1. The minimum Gasteiger partial charge on any atom is -0.374 e. The van der Waals surface area contributed by atoms with Gasteiger partial charge in [0.05, 0.1) is 18.8 Å². The van der Waals surface area contributed by atoms with Crippen molar-refractivity contribution in [2.45, 2.75) is 45.9 Å². The van der Waals surface area contributed by atoms with Crippen LogP contribution in [0.5, 0.6) is 0 Å². The van der Waals surface area contributed by atoms with E-state index in [1.165, 1.54) is 6.07 Å². The molecule has 1 aromatic rings. The highest BCUT2D eigenvalue weighted by atomic mass is 19.1. The maximum absolute atomic E-state index is 13.6. The van der Waals surface area contributed by atoms with Crippen molar-refractivity contribution in [1.82, 2.24) is 10.2 Å². The van der Waals surface area contributed by atoms with Gasteiger partial charge in [0.1, 0.15) is 5.82 Å². The van der Waals surface area contributed by atoms with Crippen LogP contribution in [0.25, 0.3) is 0 Å². The molecule has 1 aliphatic rings. The Hall–Kier alpha value is -0.970. The molecule has 0 bridgehead atoms. The minimum absolute atomic E-state index is 0.0345. The summed E-state index contributed by atoms with van der Waals surface area (Å²) < 4.78 is 19.6. The summed E-state index contributed by atoms with van der Waals surface area (Å²) in [7, 11) is 0. The normalized spacial score (nSPS) is 21.7. The molecule has 1 N–H and O–H groups in total. The van der Waals surface area contributed by atoms with Crippen molar-refractivity contribution in [2.24, 2.45) is 0 Å². The van der Waals surface area contributed by atoms with Gasteiger partial charge in [-0.1, -0.05) is 13.0 Å². The van der Waals surface area contributed by atoms with Crippen LogP contribution in [0.3, 0.4) is 0 Å². The van der Waals surface area contributed by atoms with E-state index in [0.717, 1.165) is 37.4 Å². The summed E-state index contributed by atoms with van der Waals surface area (Å²) in [4.78, 5) is 2.42. The summed E-state index contributed by atoms with van der Waals surface area (Å²) in [6, 6.07) is 5.54. The van der Waals surface area contributed by atoms with Gasteiger partial charge in [-0.3, -0.25) is 4.90 Å². The molecule has 1 heterocycles. The average Bonchev–Trinajstić information content (AvgIpc) is 2.47. The Bertz CT molecular complexity index is 464. The van der Waals surface area contributed by atoms with Crippen LogP contribution < -0.4 is 5.32 Å². The molecule has 0 amide bonds. The summed E-state index contributed by atoms with van der Waals surface area (Å²) in [6.45, 7) is 11.9. The number of morpholine rings is 1. The molecule has 0 aromatic heterocycles. The van der Waals surface area contributed by atoms with E-state index < -0.39 is 0 Å². The number of hydrogen-bond acceptors (Lipinski definition) is 3. The van der Waals surface area contributed by atoms with Crippen LogP contribution in [0.15, 0.2) is 18.2 Å². The molecule has 0 spiro atoms. The Labute approximate surface area is 127 Å². The molecule has 1 saturated heterocycles. The fraction of sp³-hybridized carbons (Fsp3) is 0.647. The summed E-state index contributed by atoms with van der Waals surface area (Å²) in [6.07, 6.45) is 0.0570. The van der Waals surface area contributed by atoms with Crippen LogP contribution in [0.1, 0.15) is 37.9 Å². The highest BCUT2D eigenvalue weighted by Gasteiger charge is 2.30. The van der Waals surface area contributed by atoms with Gasteiger partial charge in [-0.25, -0.2) is 4.39 Å². The topological polar surface area (TPSA) is 24.5 Å². The van der Waals surface area contributed by atoms with Crippen molar-refractivity contribution < 1.29 is 9.13 Å². The Kier molecular flexibility index (Phi) is 5.73. The second-order valence-corrected chi connectivity index (χ2v) is 6.03. The number of hydrogen-bond donors (Lipinski definition) is 1. The van der Waals surface area contributed by atoms with Crippen LogP contribution in [-0.4, -0.2) is 43.3 Å². The second-order valence-electron chi connectivity index (χ2n) is 6.03. The molecule has 2 unspecified atom stereocenters. The van der Waals surface area contributed by atoms with Crippen molar-refractivity contribution >= 4 is 0 Å². The molecule has 1 aromatic carbocycles. The van der Waals surface area contributed by atoms with E-state index in [9.17, 15) is 4.39 Å². The van der Waals surface area contributed by atoms with Gasteiger partial charge in [0.25, 0.3) is 0 Å². The number of nitrogens with one attached hydrogen (secondary N) is 1. The number of nitrogens with zero attached hydrogens (tertiary/aromatic N) is 1. The SMILES string of the molecule is CCNC(c1cc(F)ccc1C)C1CN(C(C)C)CCO1. The van der Waals surface area contributed by atoms with Gasteiger partial charge in [0.15, 0.2) is 0 Å². The lowest BCUT2D eigenvalue weighted by Crippen LogP contribution is -2.50. The molecule has 0 aliphatic carbocycles. The van der Waals surface area contributed by atoms with Gasteiger partial charge in [-0.05, 0) is 50.6 Å². The van der Waals surface area contributed by atoms with E-state index in [-0.39, 0.29) is 18.0 Å². The molecule has 4 heteroatoms. The maximum atomic E-state index is 13.6. The smallest absolute Gasteiger partial charge is 0.123 e. The van der Waals surface area contributed by atoms with Crippen molar-refractivity contribution in [3.05, 3.63) is 35.1 Å². The number of rotatable bonds is 5. The molecule has 3 nitrogen and oxygen atoms in total. The Morgan fingerprint density at radius 3 is 2.86 bits per heavy atom. The number of likely N-dealkylation sites (N-methyl/N-ethyl adjacent to an activating group) is 1. The third-order valence-corrected chi connectivity index (χ3v) is 4.23. The van der Waals surface area contributed by atoms with Crippen molar-refractivity contribution in [3.63, 3.8) is 0 Å². The van der Waals surface area contributed by atoms with E-state index in [2.05, 4.69) is 31.0 Å². The summed E-state index contributed by atoms with van der Waals surface area (Å²) in [5.41, 5.74) is 2.11. The molecule has 0 saturated carbocycles. The summed E-state index contributed by atoms with van der Waals surface area (Å²) in [5.74, 6) is -0.185. The zero-order chi connectivity index (χ0) is 15.4. The summed E-state index contributed by atoms with van der Waals surface area (Å²) in [5, 5.41) is 3.48. The van der Waals surface area contributed by atoms with Gasteiger partial charge in [0.2, 0.25) is 0 Å². The van der Waals surface area contributed by atoms with Gasteiger partial charge in [0, 0.05) is 19.1 Å². The zero-order valence-electron chi connectivity index (χ0n) is 13.5. The van der Waals surface area contributed by atoms with E-state index in [1.807, 2.05) is 13.0 Å². The first kappa shape index (κ1) is 16.4. The van der Waals surface area contributed by atoms with Crippen LogP contribution in [-0.2, 0) is 4.74 Å². The summed E-state index contributed by atoms with van der Waals surface area (Å²) >= 11 is 0. The zero-order valence-corrected chi connectivity index (χ0v) is 13.5. The van der Waals surface area contributed by atoms with Crippen molar-refractivity contribution in [3.8, 4) is 0 Å². The molecular formula is C17H27FN2O. The largest absolute Gasteiger partial charge is 0.374 e. The van der Waals surface area contributed by atoms with Crippen LogP contribution in [0.2, 0.25) is 0 Å². The minimum atomic E-state index is -0.185. The fourth-order valence-corrected chi connectivity index (χ4v) is 2.98. The first-order valence-corrected chi connectivity index (χ1v) is 7.88. The number of ether oxygens (including phenoxy) is 1. The molecular weight excluding hydrogens is 267 g/mol. The third-order valence-electron chi connectivity index (χ3n) is 4.23. The van der Waals surface area contributed by atoms with E-state index in [1.54, 1.807) is 6.07 Å². The Morgan fingerprint density at radius 1 is 1.43 bits per heavy atom. The molecule has 2 rings (SSSR count). The molecule has 2 atom stereocenters. The van der Waals surface area contributed by atoms with Gasteiger partial charge < -0.3 is 10.1 Å². The van der Waals surface area contributed by atoms with E-state index >= 15 is 0 Å². The fourth-order valence-electron chi connectivity index (χ4n) is 2.98. The van der Waals surface area contributed by atoms with Gasteiger partial charge in [-0.15, -0.1) is 0 Å². The van der Waals surface area contributed by atoms with E-state index in [0.29, 0.717) is 6.04 Å². The predicted molar refractivity (Wildman–Crippen MR) is 84.0 cm³/mol. The van der Waals surface area contributed by atoms with Crippen molar-refractivity contribution in [1.29, 1.82) is 0 Å². The number of aryl methyl sites for hydroxylation is 1. The highest BCUT2D eigenvalue weighted by Crippen LogP contribution is 2.26. The lowest BCUT2D eigenvalue weighted by Gasteiger charge is -2.39. The molecule has 1 aliphatic heterocycles. The lowest BCUT2D eigenvalue weighted by molar-refractivity contribution is -0.0559. The van der Waals surface area contributed by atoms with Crippen molar-refractivity contribution in [2.75, 3.05) is 26.2 Å². The Balaban J connectivity index is 2.23. The first-order valence-electron chi connectivity index (χ1n) is 7.88. The predicted octanol–water partition coefficient (Wildman–Crippen LogP) is 2.89. The monoisotopic (exact) mass is 294 g/mol. The van der Waals surface area contributed by atoms with Gasteiger partial charge >= 0.3 is 0 Å². The second kappa shape index (κ2) is 7.34. The van der Waals surface area contributed by atoms with Crippen LogP contribution >= 0.6 is 0 Å². The number of halogens is 1. The van der Waals surface area contributed by atoms with Gasteiger partial charge in [-0.2, -0.15) is 0 Å². The molecule has 21 heavy (non-hydrogen) atoms. The molecule has 1 fully saturated rings. The van der Waals surface area contributed by atoms with E-state index in [4.69, 9.17) is 4.74 Å². The first-order chi connectivity index (χ1) is 10.0. The molecule has 0 radical (unpaired) electrons. The van der Waals surface area contributed by atoms with Crippen LogP contribution in [0.4, 0.5) is 4.39 Å². The molecule has 118 valence electrons.